The fourth-order valence-corrected chi connectivity index (χ4v) is 1.87. The molecule has 0 fully saturated rings. The standard InChI is InChI=1S/C12H15NO/c1-8(13-3)12-9(2)14-11-7-5-4-6-10(11)12/h4-8,13H,1-3H3/t8-/m1/s1. The minimum absolute atomic E-state index is 0.332. The number of hydrogen-bond donors (Lipinski definition) is 1. The summed E-state index contributed by atoms with van der Waals surface area (Å²) in [5.41, 5.74) is 2.24. The maximum Gasteiger partial charge on any atom is 0.134 e. The highest BCUT2D eigenvalue weighted by Crippen LogP contribution is 2.29. The number of nitrogens with one attached hydrogen (secondary N) is 1. The van der Waals surface area contributed by atoms with Crippen LogP contribution in [0.4, 0.5) is 0 Å². The van der Waals surface area contributed by atoms with Crippen LogP contribution in [0.3, 0.4) is 0 Å². The van der Waals surface area contributed by atoms with Crippen LogP contribution in [0, 0.1) is 6.92 Å². The Morgan fingerprint density at radius 2 is 2.00 bits per heavy atom. The molecule has 0 aliphatic heterocycles. The van der Waals surface area contributed by atoms with Gasteiger partial charge in [-0.3, -0.25) is 0 Å². The molecule has 0 saturated carbocycles. The number of furan rings is 1. The summed E-state index contributed by atoms with van der Waals surface area (Å²) < 4.78 is 5.68. The van der Waals surface area contributed by atoms with E-state index < -0.39 is 0 Å². The number of benzene rings is 1. The molecular weight excluding hydrogens is 174 g/mol. The number of hydrogen-bond acceptors (Lipinski definition) is 2. The van der Waals surface area contributed by atoms with Crippen LogP contribution in [0.25, 0.3) is 11.0 Å². The van der Waals surface area contributed by atoms with Gasteiger partial charge in [-0.15, -0.1) is 0 Å². The van der Waals surface area contributed by atoms with E-state index in [2.05, 4.69) is 18.3 Å². The van der Waals surface area contributed by atoms with Gasteiger partial charge in [-0.25, -0.2) is 0 Å². The van der Waals surface area contributed by atoms with Gasteiger partial charge in [0.2, 0.25) is 0 Å². The number of fused-ring (bicyclic) bond motifs is 1. The van der Waals surface area contributed by atoms with Crippen LogP contribution in [0.5, 0.6) is 0 Å². The first-order valence-corrected chi connectivity index (χ1v) is 4.89. The maximum atomic E-state index is 5.68. The molecule has 1 atom stereocenters. The van der Waals surface area contributed by atoms with E-state index in [0.29, 0.717) is 6.04 Å². The summed E-state index contributed by atoms with van der Waals surface area (Å²) in [4.78, 5) is 0. The van der Waals surface area contributed by atoms with Crippen LogP contribution in [-0.2, 0) is 0 Å². The highest BCUT2D eigenvalue weighted by Gasteiger charge is 2.14. The Kier molecular flexibility index (Phi) is 2.30. The second-order valence-corrected chi connectivity index (χ2v) is 3.58. The van der Waals surface area contributed by atoms with Crippen molar-refractivity contribution in [2.75, 3.05) is 7.05 Å². The highest BCUT2D eigenvalue weighted by molar-refractivity contribution is 5.82. The van der Waals surface area contributed by atoms with E-state index in [-0.39, 0.29) is 0 Å². The molecule has 0 amide bonds. The lowest BCUT2D eigenvalue weighted by atomic mass is 10.0. The van der Waals surface area contributed by atoms with Crippen molar-refractivity contribution < 1.29 is 4.42 Å². The average Bonchev–Trinajstić information content (AvgIpc) is 2.53. The smallest absolute Gasteiger partial charge is 0.134 e. The Balaban J connectivity index is 2.67. The van der Waals surface area contributed by atoms with Gasteiger partial charge in [0.05, 0.1) is 0 Å². The molecule has 1 N–H and O–H groups in total. The van der Waals surface area contributed by atoms with Crippen LogP contribution in [0.2, 0.25) is 0 Å². The van der Waals surface area contributed by atoms with Gasteiger partial charge < -0.3 is 9.73 Å². The van der Waals surface area contributed by atoms with E-state index in [1.165, 1.54) is 10.9 Å². The average molecular weight is 189 g/mol. The van der Waals surface area contributed by atoms with E-state index in [1.807, 2.05) is 32.2 Å². The monoisotopic (exact) mass is 189 g/mol. The van der Waals surface area contributed by atoms with Gasteiger partial charge in [-0.05, 0) is 27.0 Å². The normalized spacial score (nSPS) is 13.4. The molecule has 0 aliphatic carbocycles. The van der Waals surface area contributed by atoms with Crippen molar-refractivity contribution in [1.82, 2.24) is 5.32 Å². The molecule has 0 aliphatic rings. The molecule has 2 aromatic rings. The summed E-state index contributed by atoms with van der Waals surface area (Å²) in [6.07, 6.45) is 0. The molecule has 1 aromatic heterocycles. The Morgan fingerprint density at radius 1 is 1.29 bits per heavy atom. The molecular formula is C12H15NO. The summed E-state index contributed by atoms with van der Waals surface area (Å²) in [6, 6.07) is 8.49. The van der Waals surface area contributed by atoms with Crippen LogP contribution >= 0.6 is 0 Å². The molecule has 2 rings (SSSR count). The van der Waals surface area contributed by atoms with E-state index in [1.54, 1.807) is 0 Å². The molecule has 2 nitrogen and oxygen atoms in total. The molecule has 0 spiro atoms. The summed E-state index contributed by atoms with van der Waals surface area (Å²) in [7, 11) is 1.96. The third kappa shape index (κ3) is 1.32. The third-order valence-corrected chi connectivity index (χ3v) is 2.69. The van der Waals surface area contributed by atoms with Crippen molar-refractivity contribution in [2.24, 2.45) is 0 Å². The molecule has 0 bridgehead atoms. The van der Waals surface area contributed by atoms with Gasteiger partial charge in [0, 0.05) is 17.0 Å². The van der Waals surface area contributed by atoms with Crippen LogP contribution in [0.15, 0.2) is 28.7 Å². The SMILES string of the molecule is CN[C@H](C)c1c(C)oc2ccccc12. The first-order chi connectivity index (χ1) is 6.74. The van der Waals surface area contributed by atoms with Crippen molar-refractivity contribution in [3.63, 3.8) is 0 Å². The maximum absolute atomic E-state index is 5.68. The first kappa shape index (κ1) is 9.28. The van der Waals surface area contributed by atoms with E-state index in [0.717, 1.165) is 11.3 Å². The zero-order valence-corrected chi connectivity index (χ0v) is 8.79. The first-order valence-electron chi connectivity index (χ1n) is 4.89. The van der Waals surface area contributed by atoms with Gasteiger partial charge in [-0.2, -0.15) is 0 Å². The van der Waals surface area contributed by atoms with Crippen molar-refractivity contribution in [1.29, 1.82) is 0 Å². The number of para-hydroxylation sites is 1. The quantitative estimate of drug-likeness (QED) is 0.785. The summed E-state index contributed by atoms with van der Waals surface area (Å²) >= 11 is 0. The summed E-state index contributed by atoms with van der Waals surface area (Å²) in [5.74, 6) is 1.01. The van der Waals surface area contributed by atoms with Gasteiger partial charge >= 0.3 is 0 Å². The van der Waals surface area contributed by atoms with Crippen LogP contribution < -0.4 is 5.32 Å². The van der Waals surface area contributed by atoms with Crippen molar-refractivity contribution in [3.8, 4) is 0 Å². The van der Waals surface area contributed by atoms with Crippen LogP contribution in [0.1, 0.15) is 24.3 Å². The molecule has 0 radical (unpaired) electrons. The molecule has 14 heavy (non-hydrogen) atoms. The Labute approximate surface area is 83.9 Å². The second kappa shape index (κ2) is 3.46. The van der Waals surface area contributed by atoms with Gasteiger partial charge in [0.15, 0.2) is 0 Å². The van der Waals surface area contributed by atoms with Gasteiger partial charge in [0.25, 0.3) is 0 Å². The topological polar surface area (TPSA) is 25.2 Å². The van der Waals surface area contributed by atoms with Gasteiger partial charge in [-0.1, -0.05) is 18.2 Å². The second-order valence-electron chi connectivity index (χ2n) is 3.58. The van der Waals surface area contributed by atoms with E-state index in [9.17, 15) is 0 Å². The lowest BCUT2D eigenvalue weighted by Crippen LogP contribution is -2.12. The Bertz CT molecular complexity index is 445. The predicted octanol–water partition coefficient (Wildman–Crippen LogP) is 3.02. The Hall–Kier alpha value is -1.28. The number of rotatable bonds is 2. The summed E-state index contributed by atoms with van der Waals surface area (Å²) in [6.45, 7) is 4.16. The largest absolute Gasteiger partial charge is 0.461 e. The highest BCUT2D eigenvalue weighted by atomic mass is 16.3. The lowest BCUT2D eigenvalue weighted by molar-refractivity contribution is 0.554. The van der Waals surface area contributed by atoms with E-state index >= 15 is 0 Å². The fourth-order valence-electron chi connectivity index (χ4n) is 1.87. The molecule has 0 unspecified atom stereocenters. The van der Waals surface area contributed by atoms with Crippen LogP contribution in [-0.4, -0.2) is 7.05 Å². The van der Waals surface area contributed by atoms with Crippen molar-refractivity contribution in [3.05, 3.63) is 35.6 Å². The molecule has 74 valence electrons. The third-order valence-electron chi connectivity index (χ3n) is 2.69. The Morgan fingerprint density at radius 3 is 2.71 bits per heavy atom. The molecule has 2 heteroatoms. The predicted molar refractivity (Wildman–Crippen MR) is 58.4 cm³/mol. The minimum atomic E-state index is 0.332. The van der Waals surface area contributed by atoms with Crippen molar-refractivity contribution >= 4 is 11.0 Å². The van der Waals surface area contributed by atoms with Crippen molar-refractivity contribution in [2.45, 2.75) is 19.9 Å². The summed E-state index contributed by atoms with van der Waals surface area (Å²) in [5, 5.41) is 4.45. The fraction of sp³-hybridized carbons (Fsp3) is 0.333. The zero-order valence-electron chi connectivity index (χ0n) is 8.79. The zero-order chi connectivity index (χ0) is 10.1. The lowest BCUT2D eigenvalue weighted by Gasteiger charge is -2.08. The van der Waals surface area contributed by atoms with Gasteiger partial charge in [0.1, 0.15) is 11.3 Å². The van der Waals surface area contributed by atoms with E-state index in [4.69, 9.17) is 4.42 Å². The molecule has 0 saturated heterocycles. The minimum Gasteiger partial charge on any atom is -0.461 e. The number of aryl methyl sites for hydroxylation is 1. The molecule has 1 aromatic carbocycles. The molecule has 1 heterocycles.